The standard InChI is InChI=1S/C21H19F2N5O3/c1-11(15-9-16(15)13-3-5-14(6-4-13)31-20(22)23)18-24-7-8-28(18)27-12(2)17-10-25-21(30)26-19(17)29/h3-8,10,15-16,20H,1,9H2,2H3,(H2,25,26,29,30)/b27-12+/t15-,16-/m1/s1. The molecule has 0 spiro atoms. The summed E-state index contributed by atoms with van der Waals surface area (Å²) in [4.78, 5) is 32.1. The molecule has 31 heavy (non-hydrogen) atoms. The van der Waals surface area contributed by atoms with Gasteiger partial charge in [0.2, 0.25) is 0 Å². The highest BCUT2D eigenvalue weighted by molar-refractivity contribution is 5.98. The van der Waals surface area contributed by atoms with Crippen molar-refractivity contribution in [3.63, 3.8) is 0 Å². The van der Waals surface area contributed by atoms with Gasteiger partial charge in [-0.3, -0.25) is 9.78 Å². The van der Waals surface area contributed by atoms with Gasteiger partial charge in [0.15, 0.2) is 5.82 Å². The summed E-state index contributed by atoms with van der Waals surface area (Å²) in [6, 6.07) is 6.59. The first-order valence-corrected chi connectivity index (χ1v) is 9.48. The number of allylic oxidation sites excluding steroid dienone is 1. The lowest BCUT2D eigenvalue weighted by atomic mass is 10.1. The summed E-state index contributed by atoms with van der Waals surface area (Å²) in [7, 11) is 0. The summed E-state index contributed by atoms with van der Waals surface area (Å²) in [5, 5.41) is 4.43. The second-order valence-electron chi connectivity index (χ2n) is 7.19. The largest absolute Gasteiger partial charge is 0.435 e. The fourth-order valence-electron chi connectivity index (χ4n) is 3.51. The second-order valence-corrected chi connectivity index (χ2v) is 7.19. The van der Waals surface area contributed by atoms with Crippen LogP contribution < -0.4 is 16.0 Å². The van der Waals surface area contributed by atoms with Gasteiger partial charge in [0.25, 0.3) is 5.56 Å². The van der Waals surface area contributed by atoms with Crippen LogP contribution in [0.25, 0.3) is 5.57 Å². The lowest BCUT2D eigenvalue weighted by Crippen LogP contribution is -2.26. The summed E-state index contributed by atoms with van der Waals surface area (Å²) in [5.41, 5.74) is 1.30. The minimum absolute atomic E-state index is 0.118. The Morgan fingerprint density at radius 3 is 2.74 bits per heavy atom. The molecule has 1 saturated carbocycles. The number of nitrogens with one attached hydrogen (secondary N) is 2. The molecular formula is C21H19F2N5O3. The van der Waals surface area contributed by atoms with Gasteiger partial charge in [0, 0.05) is 18.6 Å². The molecule has 8 nitrogen and oxygen atoms in total. The quantitative estimate of drug-likeness (QED) is 0.566. The smallest absolute Gasteiger partial charge is 0.387 e. The Bertz CT molecular complexity index is 1260. The topological polar surface area (TPSA) is 105 Å². The molecule has 2 heterocycles. The SMILES string of the molecule is C=C(c1nccn1/N=C(\C)c1c[nH]c(=O)[nH]c1=O)[C@H]1C[C@@H]1c1ccc(OC(F)F)cc1. The van der Waals surface area contributed by atoms with E-state index in [2.05, 4.69) is 31.4 Å². The zero-order valence-electron chi connectivity index (χ0n) is 16.5. The first-order chi connectivity index (χ1) is 14.8. The van der Waals surface area contributed by atoms with Crippen molar-refractivity contribution in [1.29, 1.82) is 0 Å². The number of H-pyrrole nitrogens is 2. The van der Waals surface area contributed by atoms with Crippen LogP contribution in [0.1, 0.15) is 36.2 Å². The molecule has 1 aliphatic carbocycles. The van der Waals surface area contributed by atoms with Crippen molar-refractivity contribution in [1.82, 2.24) is 19.6 Å². The number of rotatable bonds is 7. The van der Waals surface area contributed by atoms with Crippen LogP contribution in [0.4, 0.5) is 8.78 Å². The van der Waals surface area contributed by atoms with E-state index in [1.54, 1.807) is 31.5 Å². The minimum Gasteiger partial charge on any atom is -0.435 e. The van der Waals surface area contributed by atoms with Gasteiger partial charge in [0.1, 0.15) is 5.75 Å². The van der Waals surface area contributed by atoms with E-state index in [0.717, 1.165) is 17.6 Å². The molecule has 0 saturated heterocycles. The lowest BCUT2D eigenvalue weighted by Gasteiger charge is -2.08. The normalized spacial score (nSPS) is 18.3. The highest BCUT2D eigenvalue weighted by Gasteiger charge is 2.41. The van der Waals surface area contributed by atoms with Crippen LogP contribution in [0.2, 0.25) is 0 Å². The van der Waals surface area contributed by atoms with Crippen LogP contribution in [-0.2, 0) is 0 Å². The average molecular weight is 427 g/mol. The molecule has 1 aromatic carbocycles. The zero-order chi connectivity index (χ0) is 22.1. The number of benzene rings is 1. The van der Waals surface area contributed by atoms with Crippen molar-refractivity contribution in [3.05, 3.63) is 87.2 Å². The maximum absolute atomic E-state index is 12.3. The number of imidazole rings is 1. The van der Waals surface area contributed by atoms with Crippen LogP contribution in [-0.4, -0.2) is 32.0 Å². The molecule has 0 aliphatic heterocycles. The van der Waals surface area contributed by atoms with Crippen LogP contribution in [0, 0.1) is 5.92 Å². The number of hydrogen-bond acceptors (Lipinski definition) is 5. The summed E-state index contributed by atoms with van der Waals surface area (Å²) in [6.45, 7) is 2.97. The molecular weight excluding hydrogens is 408 g/mol. The van der Waals surface area contributed by atoms with E-state index in [-0.39, 0.29) is 23.1 Å². The highest BCUT2D eigenvalue weighted by atomic mass is 19.3. The molecule has 1 aliphatic rings. The van der Waals surface area contributed by atoms with Crippen LogP contribution in [0.3, 0.4) is 0 Å². The van der Waals surface area contributed by atoms with E-state index < -0.39 is 17.9 Å². The van der Waals surface area contributed by atoms with Crippen molar-refractivity contribution in [2.24, 2.45) is 11.0 Å². The molecule has 10 heteroatoms. The Kier molecular flexibility index (Phi) is 5.37. The third-order valence-electron chi connectivity index (χ3n) is 5.15. The first kappa shape index (κ1) is 20.5. The number of nitrogens with zero attached hydrogens (tertiary/aromatic N) is 3. The van der Waals surface area contributed by atoms with E-state index in [0.29, 0.717) is 11.5 Å². The number of ether oxygens (including phenoxy) is 1. The van der Waals surface area contributed by atoms with E-state index in [4.69, 9.17) is 0 Å². The van der Waals surface area contributed by atoms with Crippen LogP contribution in [0.15, 0.2) is 64.1 Å². The van der Waals surface area contributed by atoms with Crippen molar-refractivity contribution < 1.29 is 13.5 Å². The number of alkyl halides is 2. The van der Waals surface area contributed by atoms with E-state index in [1.807, 2.05) is 0 Å². The number of halogens is 2. The fraction of sp³-hybridized carbons (Fsp3) is 0.238. The minimum atomic E-state index is -2.85. The van der Waals surface area contributed by atoms with Gasteiger partial charge >= 0.3 is 12.3 Å². The Morgan fingerprint density at radius 1 is 1.32 bits per heavy atom. The monoisotopic (exact) mass is 427 g/mol. The van der Waals surface area contributed by atoms with Crippen molar-refractivity contribution in [2.75, 3.05) is 0 Å². The molecule has 2 aromatic heterocycles. The highest BCUT2D eigenvalue weighted by Crippen LogP contribution is 2.54. The Labute approximate surface area is 174 Å². The molecule has 0 bridgehead atoms. The van der Waals surface area contributed by atoms with Gasteiger partial charge in [-0.1, -0.05) is 18.7 Å². The average Bonchev–Trinajstić information content (AvgIpc) is 3.38. The molecule has 1 fully saturated rings. The fourth-order valence-corrected chi connectivity index (χ4v) is 3.51. The van der Waals surface area contributed by atoms with Crippen molar-refractivity contribution in [2.45, 2.75) is 25.9 Å². The van der Waals surface area contributed by atoms with Gasteiger partial charge in [-0.2, -0.15) is 13.9 Å². The second kappa shape index (κ2) is 8.13. The van der Waals surface area contributed by atoms with Crippen molar-refractivity contribution in [3.8, 4) is 5.75 Å². The van der Waals surface area contributed by atoms with Gasteiger partial charge in [0.05, 0.1) is 11.3 Å². The molecule has 2 atom stereocenters. The molecule has 3 aromatic rings. The summed E-state index contributed by atoms with van der Waals surface area (Å²) in [5.74, 6) is 1.01. The predicted molar refractivity (Wildman–Crippen MR) is 110 cm³/mol. The third kappa shape index (κ3) is 4.37. The molecule has 160 valence electrons. The van der Waals surface area contributed by atoms with Crippen molar-refractivity contribution >= 4 is 11.3 Å². The van der Waals surface area contributed by atoms with Crippen LogP contribution >= 0.6 is 0 Å². The van der Waals surface area contributed by atoms with E-state index in [1.165, 1.54) is 23.0 Å². The summed E-state index contributed by atoms with van der Waals surface area (Å²) in [6.07, 6.45) is 5.40. The number of aromatic amines is 2. The molecule has 0 unspecified atom stereocenters. The number of aromatic nitrogens is 4. The maximum Gasteiger partial charge on any atom is 0.387 e. The van der Waals surface area contributed by atoms with Crippen LogP contribution in [0.5, 0.6) is 5.75 Å². The van der Waals surface area contributed by atoms with Gasteiger partial charge < -0.3 is 9.72 Å². The third-order valence-corrected chi connectivity index (χ3v) is 5.15. The number of hydrogen-bond donors (Lipinski definition) is 2. The Balaban J connectivity index is 1.51. The van der Waals surface area contributed by atoms with E-state index in [9.17, 15) is 18.4 Å². The zero-order valence-corrected chi connectivity index (χ0v) is 16.5. The predicted octanol–water partition coefficient (Wildman–Crippen LogP) is 2.95. The molecule has 2 N–H and O–H groups in total. The maximum atomic E-state index is 12.3. The Hall–Kier alpha value is -3.82. The van der Waals surface area contributed by atoms with Gasteiger partial charge in [-0.15, -0.1) is 0 Å². The Morgan fingerprint density at radius 2 is 2.06 bits per heavy atom. The van der Waals surface area contributed by atoms with Gasteiger partial charge in [-0.25, -0.2) is 14.5 Å². The molecule has 4 rings (SSSR count). The first-order valence-electron chi connectivity index (χ1n) is 9.48. The lowest BCUT2D eigenvalue weighted by molar-refractivity contribution is -0.0498. The van der Waals surface area contributed by atoms with Gasteiger partial charge in [-0.05, 0) is 48.4 Å². The summed E-state index contributed by atoms with van der Waals surface area (Å²) < 4.78 is 30.5. The molecule has 0 radical (unpaired) electrons. The summed E-state index contributed by atoms with van der Waals surface area (Å²) >= 11 is 0. The van der Waals surface area contributed by atoms with E-state index >= 15 is 0 Å². The molecule has 0 amide bonds.